The lowest BCUT2D eigenvalue weighted by Crippen LogP contribution is -2.07. The molecule has 0 saturated carbocycles. The molecule has 0 bridgehead atoms. The zero-order valence-corrected chi connectivity index (χ0v) is 8.09. The third kappa shape index (κ3) is 1.69. The smallest absolute Gasteiger partial charge is 0.354 e. The number of hydrogen-bond donors (Lipinski definition) is 1. The fourth-order valence-corrected chi connectivity index (χ4v) is 1.53. The molecular weight excluding hydrogens is 166 g/mol. The normalized spacial score (nSPS) is 10.1. The topological polar surface area (TPSA) is 50.2 Å². The summed E-state index contributed by atoms with van der Waals surface area (Å²) in [4.78, 5) is 14.6. The van der Waals surface area contributed by atoms with Gasteiger partial charge in [0.2, 0.25) is 0 Å². The van der Waals surface area contributed by atoms with Gasteiger partial charge in [-0.1, -0.05) is 6.92 Å². The first kappa shape index (κ1) is 9.71. The van der Waals surface area contributed by atoms with Gasteiger partial charge in [0.25, 0.3) is 0 Å². The summed E-state index contributed by atoms with van der Waals surface area (Å²) in [5.74, 6) is -0.952. The second kappa shape index (κ2) is 3.56. The van der Waals surface area contributed by atoms with E-state index in [2.05, 4.69) is 4.98 Å². The second-order valence-corrected chi connectivity index (χ2v) is 3.05. The Labute approximate surface area is 77.4 Å². The minimum absolute atomic E-state index is 0.169. The molecular formula is C10H13NO2. The molecule has 0 aromatic carbocycles. The van der Waals surface area contributed by atoms with Gasteiger partial charge >= 0.3 is 5.97 Å². The number of aromatic nitrogens is 1. The van der Waals surface area contributed by atoms with Crippen molar-refractivity contribution in [3.63, 3.8) is 0 Å². The number of hydrogen-bond acceptors (Lipinski definition) is 2. The van der Waals surface area contributed by atoms with Crippen molar-refractivity contribution >= 4 is 5.97 Å². The number of carboxylic acids is 1. The highest BCUT2D eigenvalue weighted by Gasteiger charge is 2.12. The van der Waals surface area contributed by atoms with Crippen molar-refractivity contribution in [2.45, 2.75) is 27.2 Å². The largest absolute Gasteiger partial charge is 0.477 e. The minimum atomic E-state index is -0.952. The lowest BCUT2D eigenvalue weighted by Gasteiger charge is -2.08. The fraction of sp³-hybridized carbons (Fsp3) is 0.400. The van der Waals surface area contributed by atoms with E-state index in [1.165, 1.54) is 0 Å². The van der Waals surface area contributed by atoms with Gasteiger partial charge in [0.1, 0.15) is 0 Å². The predicted molar refractivity (Wildman–Crippen MR) is 50.0 cm³/mol. The van der Waals surface area contributed by atoms with E-state index in [4.69, 9.17) is 5.11 Å². The second-order valence-electron chi connectivity index (χ2n) is 3.05. The molecule has 1 aromatic heterocycles. The summed E-state index contributed by atoms with van der Waals surface area (Å²) in [6.45, 7) is 5.77. The first-order valence-electron chi connectivity index (χ1n) is 4.26. The van der Waals surface area contributed by atoms with Crippen molar-refractivity contribution in [1.82, 2.24) is 4.98 Å². The molecule has 0 spiro atoms. The standard InChI is InChI=1S/C10H13NO2/c1-4-8-6(2)5-11-9(7(8)3)10(12)13/h5H,4H2,1-3H3,(H,12,13). The zero-order chi connectivity index (χ0) is 10.0. The van der Waals surface area contributed by atoms with Crippen LogP contribution in [0.5, 0.6) is 0 Å². The molecule has 1 N–H and O–H groups in total. The monoisotopic (exact) mass is 179 g/mol. The van der Waals surface area contributed by atoms with E-state index in [9.17, 15) is 4.79 Å². The highest BCUT2D eigenvalue weighted by atomic mass is 16.4. The van der Waals surface area contributed by atoms with E-state index in [1.54, 1.807) is 6.20 Å². The summed E-state index contributed by atoms with van der Waals surface area (Å²) in [6, 6.07) is 0. The Bertz CT molecular complexity index is 345. The Balaban J connectivity index is 3.35. The molecule has 1 rings (SSSR count). The van der Waals surface area contributed by atoms with Crippen molar-refractivity contribution in [1.29, 1.82) is 0 Å². The lowest BCUT2D eigenvalue weighted by molar-refractivity contribution is 0.0689. The summed E-state index contributed by atoms with van der Waals surface area (Å²) >= 11 is 0. The fourth-order valence-electron chi connectivity index (χ4n) is 1.53. The number of aromatic carboxylic acids is 1. The molecule has 0 aliphatic heterocycles. The van der Waals surface area contributed by atoms with E-state index in [0.29, 0.717) is 0 Å². The van der Waals surface area contributed by atoms with Crippen LogP contribution in [0.4, 0.5) is 0 Å². The molecule has 13 heavy (non-hydrogen) atoms. The Morgan fingerprint density at radius 2 is 2.15 bits per heavy atom. The summed E-state index contributed by atoms with van der Waals surface area (Å²) in [6.07, 6.45) is 2.47. The predicted octanol–water partition coefficient (Wildman–Crippen LogP) is 1.96. The van der Waals surface area contributed by atoms with Gasteiger partial charge in [-0.05, 0) is 37.0 Å². The van der Waals surface area contributed by atoms with Crippen LogP contribution in [0.2, 0.25) is 0 Å². The van der Waals surface area contributed by atoms with Gasteiger partial charge in [-0.3, -0.25) is 0 Å². The number of carboxylic acid groups (broad SMARTS) is 1. The molecule has 0 radical (unpaired) electrons. The number of pyridine rings is 1. The van der Waals surface area contributed by atoms with Gasteiger partial charge in [-0.2, -0.15) is 0 Å². The maximum Gasteiger partial charge on any atom is 0.354 e. The van der Waals surface area contributed by atoms with Crippen molar-refractivity contribution < 1.29 is 9.90 Å². The quantitative estimate of drug-likeness (QED) is 0.755. The lowest BCUT2D eigenvalue weighted by atomic mass is 10.0. The van der Waals surface area contributed by atoms with Crippen LogP contribution < -0.4 is 0 Å². The summed E-state index contributed by atoms with van der Waals surface area (Å²) < 4.78 is 0. The molecule has 3 nitrogen and oxygen atoms in total. The maximum atomic E-state index is 10.7. The van der Waals surface area contributed by atoms with Gasteiger partial charge in [0.15, 0.2) is 5.69 Å². The van der Waals surface area contributed by atoms with Crippen LogP contribution in [-0.2, 0) is 6.42 Å². The van der Waals surface area contributed by atoms with E-state index in [-0.39, 0.29) is 5.69 Å². The Hall–Kier alpha value is -1.38. The van der Waals surface area contributed by atoms with Gasteiger partial charge in [0.05, 0.1) is 0 Å². The Kier molecular flexibility index (Phi) is 2.66. The molecule has 70 valence electrons. The van der Waals surface area contributed by atoms with Crippen molar-refractivity contribution in [2.24, 2.45) is 0 Å². The van der Waals surface area contributed by atoms with E-state index >= 15 is 0 Å². The van der Waals surface area contributed by atoms with Gasteiger partial charge in [-0.25, -0.2) is 9.78 Å². The van der Waals surface area contributed by atoms with Crippen LogP contribution >= 0.6 is 0 Å². The van der Waals surface area contributed by atoms with Crippen molar-refractivity contribution in [3.8, 4) is 0 Å². The Morgan fingerprint density at radius 1 is 1.54 bits per heavy atom. The average molecular weight is 179 g/mol. The van der Waals surface area contributed by atoms with Crippen LogP contribution in [-0.4, -0.2) is 16.1 Å². The summed E-state index contributed by atoms with van der Waals surface area (Å²) in [7, 11) is 0. The van der Waals surface area contributed by atoms with Gasteiger partial charge in [-0.15, -0.1) is 0 Å². The molecule has 0 aliphatic rings. The number of nitrogens with zero attached hydrogens (tertiary/aromatic N) is 1. The molecule has 0 atom stereocenters. The number of rotatable bonds is 2. The van der Waals surface area contributed by atoms with Crippen molar-refractivity contribution in [2.75, 3.05) is 0 Å². The van der Waals surface area contributed by atoms with Crippen LogP contribution in [0.15, 0.2) is 6.20 Å². The molecule has 0 amide bonds. The van der Waals surface area contributed by atoms with Crippen LogP contribution in [0.25, 0.3) is 0 Å². The van der Waals surface area contributed by atoms with Crippen LogP contribution in [0, 0.1) is 13.8 Å². The molecule has 0 saturated heterocycles. The molecule has 0 fully saturated rings. The van der Waals surface area contributed by atoms with E-state index in [1.807, 2.05) is 20.8 Å². The Morgan fingerprint density at radius 3 is 2.62 bits per heavy atom. The van der Waals surface area contributed by atoms with E-state index < -0.39 is 5.97 Å². The number of carbonyl (C=O) groups is 1. The minimum Gasteiger partial charge on any atom is -0.477 e. The molecule has 1 heterocycles. The summed E-state index contributed by atoms with van der Waals surface area (Å²) in [5, 5.41) is 8.81. The van der Waals surface area contributed by atoms with Crippen LogP contribution in [0.1, 0.15) is 34.1 Å². The van der Waals surface area contributed by atoms with Gasteiger partial charge in [0, 0.05) is 6.20 Å². The SMILES string of the molecule is CCc1c(C)cnc(C(=O)O)c1C. The van der Waals surface area contributed by atoms with Gasteiger partial charge < -0.3 is 5.11 Å². The molecule has 0 unspecified atom stereocenters. The zero-order valence-electron chi connectivity index (χ0n) is 8.09. The number of aryl methyl sites for hydroxylation is 1. The highest BCUT2D eigenvalue weighted by molar-refractivity contribution is 5.87. The first-order chi connectivity index (χ1) is 6.07. The average Bonchev–Trinajstić information content (AvgIpc) is 2.04. The molecule has 3 heteroatoms. The molecule has 0 aliphatic carbocycles. The molecule has 1 aromatic rings. The highest BCUT2D eigenvalue weighted by Crippen LogP contribution is 2.16. The summed E-state index contributed by atoms with van der Waals surface area (Å²) in [5.41, 5.74) is 3.11. The maximum absolute atomic E-state index is 10.7. The third-order valence-electron chi connectivity index (χ3n) is 2.23. The van der Waals surface area contributed by atoms with Crippen LogP contribution in [0.3, 0.4) is 0 Å². The first-order valence-corrected chi connectivity index (χ1v) is 4.26. The van der Waals surface area contributed by atoms with E-state index in [0.717, 1.165) is 23.1 Å². The van der Waals surface area contributed by atoms with Crippen molar-refractivity contribution in [3.05, 3.63) is 28.6 Å². The third-order valence-corrected chi connectivity index (χ3v) is 2.23.